The van der Waals surface area contributed by atoms with E-state index < -0.39 is 5.54 Å². The molecule has 4 heteroatoms. The van der Waals surface area contributed by atoms with Crippen LogP contribution in [0, 0.1) is 11.3 Å². The topological polar surface area (TPSA) is 64.9 Å². The van der Waals surface area contributed by atoms with Gasteiger partial charge in [0.1, 0.15) is 5.54 Å². The van der Waals surface area contributed by atoms with E-state index >= 15 is 0 Å². The van der Waals surface area contributed by atoms with E-state index in [0.717, 1.165) is 16.5 Å². The number of carbonyl (C=O) groups excluding carboxylic acids is 1. The van der Waals surface area contributed by atoms with Crippen LogP contribution in [0.3, 0.4) is 0 Å². The molecule has 102 valence electrons. The summed E-state index contributed by atoms with van der Waals surface area (Å²) in [6.45, 7) is 3.57. The Kier molecular flexibility index (Phi) is 3.90. The smallest absolute Gasteiger partial charge is 0.320 e. The normalized spacial score (nSPS) is 13.2. The molecule has 4 nitrogen and oxygen atoms in total. The van der Waals surface area contributed by atoms with Crippen molar-refractivity contribution in [2.24, 2.45) is 0 Å². The van der Waals surface area contributed by atoms with Gasteiger partial charge in [-0.1, -0.05) is 43.3 Å². The van der Waals surface area contributed by atoms with Crippen LogP contribution in [-0.2, 0) is 0 Å². The monoisotopic (exact) mass is 267 g/mol. The van der Waals surface area contributed by atoms with Gasteiger partial charge < -0.3 is 10.6 Å². The van der Waals surface area contributed by atoms with Crippen molar-refractivity contribution in [2.75, 3.05) is 5.32 Å². The van der Waals surface area contributed by atoms with Gasteiger partial charge in [0, 0.05) is 5.39 Å². The lowest BCUT2D eigenvalue weighted by molar-refractivity contribution is 0.244. The zero-order valence-corrected chi connectivity index (χ0v) is 11.6. The molecular formula is C16H17N3O. The molecule has 0 fully saturated rings. The van der Waals surface area contributed by atoms with Gasteiger partial charge in [0.2, 0.25) is 0 Å². The minimum absolute atomic E-state index is 0.368. The number of fused-ring (bicyclic) bond motifs is 1. The molecule has 2 N–H and O–H groups in total. The molecule has 0 spiro atoms. The van der Waals surface area contributed by atoms with Crippen molar-refractivity contribution in [3.63, 3.8) is 0 Å². The Morgan fingerprint density at radius 3 is 2.65 bits per heavy atom. The molecule has 0 heterocycles. The number of benzene rings is 2. The number of hydrogen-bond acceptors (Lipinski definition) is 2. The van der Waals surface area contributed by atoms with Crippen molar-refractivity contribution < 1.29 is 4.79 Å². The van der Waals surface area contributed by atoms with Gasteiger partial charge in [-0.05, 0) is 24.8 Å². The van der Waals surface area contributed by atoms with Gasteiger partial charge in [-0.25, -0.2) is 4.79 Å². The Morgan fingerprint density at radius 1 is 1.25 bits per heavy atom. The molecule has 0 aliphatic rings. The Hall–Kier alpha value is -2.54. The second-order valence-corrected chi connectivity index (χ2v) is 4.90. The van der Waals surface area contributed by atoms with E-state index in [2.05, 4.69) is 16.7 Å². The van der Waals surface area contributed by atoms with Crippen molar-refractivity contribution in [2.45, 2.75) is 25.8 Å². The minimum Gasteiger partial charge on any atom is -0.320 e. The van der Waals surface area contributed by atoms with Gasteiger partial charge in [0.05, 0.1) is 11.8 Å². The number of nitriles is 1. The van der Waals surface area contributed by atoms with Crippen LogP contribution in [-0.4, -0.2) is 11.6 Å². The molecule has 2 amide bonds. The molecule has 0 bridgehead atoms. The fourth-order valence-corrected chi connectivity index (χ4v) is 1.93. The van der Waals surface area contributed by atoms with Gasteiger partial charge in [-0.15, -0.1) is 0 Å². The first kappa shape index (κ1) is 13.9. The van der Waals surface area contributed by atoms with Crippen LogP contribution >= 0.6 is 0 Å². The number of anilines is 1. The summed E-state index contributed by atoms with van der Waals surface area (Å²) < 4.78 is 0. The van der Waals surface area contributed by atoms with Crippen molar-refractivity contribution in [3.8, 4) is 6.07 Å². The van der Waals surface area contributed by atoms with E-state index in [0.29, 0.717) is 6.42 Å². The van der Waals surface area contributed by atoms with Gasteiger partial charge in [-0.2, -0.15) is 5.26 Å². The third-order valence-corrected chi connectivity index (χ3v) is 3.38. The molecule has 2 aromatic carbocycles. The second kappa shape index (κ2) is 5.62. The number of carbonyl (C=O) groups is 1. The van der Waals surface area contributed by atoms with E-state index in [1.807, 2.05) is 49.4 Å². The minimum atomic E-state index is -0.853. The van der Waals surface area contributed by atoms with E-state index in [1.165, 1.54) is 0 Å². The molecule has 0 aliphatic carbocycles. The molecular weight excluding hydrogens is 250 g/mol. The van der Waals surface area contributed by atoms with Gasteiger partial charge in [0.25, 0.3) is 0 Å². The van der Waals surface area contributed by atoms with E-state index in [-0.39, 0.29) is 6.03 Å². The van der Waals surface area contributed by atoms with Crippen LogP contribution in [0.5, 0.6) is 0 Å². The number of urea groups is 1. The highest BCUT2D eigenvalue weighted by atomic mass is 16.2. The molecule has 1 unspecified atom stereocenters. The molecule has 0 radical (unpaired) electrons. The number of nitrogens with one attached hydrogen (secondary N) is 2. The molecule has 0 aromatic heterocycles. The fraction of sp³-hybridized carbons (Fsp3) is 0.250. The summed E-state index contributed by atoms with van der Waals surface area (Å²) in [7, 11) is 0. The molecule has 1 atom stereocenters. The highest BCUT2D eigenvalue weighted by Gasteiger charge is 2.23. The maximum Gasteiger partial charge on any atom is 0.320 e. The first-order chi connectivity index (χ1) is 9.58. The van der Waals surface area contributed by atoms with Crippen LogP contribution in [0.4, 0.5) is 10.5 Å². The highest BCUT2D eigenvalue weighted by Crippen LogP contribution is 2.23. The highest BCUT2D eigenvalue weighted by molar-refractivity contribution is 6.01. The van der Waals surface area contributed by atoms with Crippen molar-refractivity contribution >= 4 is 22.5 Å². The Labute approximate surface area is 118 Å². The molecule has 20 heavy (non-hydrogen) atoms. The predicted molar refractivity (Wildman–Crippen MR) is 80.4 cm³/mol. The molecule has 0 saturated heterocycles. The average Bonchev–Trinajstić information content (AvgIpc) is 2.47. The number of hydrogen-bond donors (Lipinski definition) is 2. The number of nitrogens with zero attached hydrogens (tertiary/aromatic N) is 1. The molecule has 2 rings (SSSR count). The van der Waals surface area contributed by atoms with Gasteiger partial charge in [0.15, 0.2) is 0 Å². The van der Waals surface area contributed by atoms with Crippen molar-refractivity contribution in [1.29, 1.82) is 5.26 Å². The summed E-state index contributed by atoms with van der Waals surface area (Å²) in [5.41, 5.74) is -0.119. The lowest BCUT2D eigenvalue weighted by Crippen LogP contribution is -2.46. The third kappa shape index (κ3) is 2.89. The van der Waals surface area contributed by atoms with Crippen LogP contribution in [0.1, 0.15) is 20.3 Å². The van der Waals surface area contributed by atoms with Gasteiger partial charge in [-0.3, -0.25) is 0 Å². The van der Waals surface area contributed by atoms with Crippen LogP contribution in [0.2, 0.25) is 0 Å². The maximum atomic E-state index is 12.0. The number of rotatable bonds is 3. The quantitative estimate of drug-likeness (QED) is 0.891. The standard InChI is InChI=1S/C16H17N3O/c1-3-16(2,11-17)19-15(20)18-14-10-6-8-12-7-4-5-9-13(12)14/h4-10H,3H2,1-2H3,(H2,18,19,20). The SMILES string of the molecule is CCC(C)(C#N)NC(=O)Nc1cccc2ccccc12. The van der Waals surface area contributed by atoms with Crippen LogP contribution in [0.15, 0.2) is 42.5 Å². The van der Waals surface area contributed by atoms with E-state index in [9.17, 15) is 4.79 Å². The summed E-state index contributed by atoms with van der Waals surface area (Å²) >= 11 is 0. The zero-order chi connectivity index (χ0) is 14.6. The summed E-state index contributed by atoms with van der Waals surface area (Å²) in [5, 5.41) is 16.6. The zero-order valence-electron chi connectivity index (χ0n) is 11.6. The van der Waals surface area contributed by atoms with Crippen molar-refractivity contribution in [1.82, 2.24) is 5.32 Å². The molecule has 0 saturated carbocycles. The summed E-state index contributed by atoms with van der Waals surface area (Å²) in [6.07, 6.45) is 0.548. The van der Waals surface area contributed by atoms with Crippen LogP contribution < -0.4 is 10.6 Å². The predicted octanol–water partition coefficient (Wildman–Crippen LogP) is 3.65. The largest absolute Gasteiger partial charge is 0.320 e. The summed E-state index contributed by atoms with van der Waals surface area (Å²) in [5.74, 6) is 0. The molecule has 0 aliphatic heterocycles. The first-order valence-corrected chi connectivity index (χ1v) is 6.56. The third-order valence-electron chi connectivity index (χ3n) is 3.38. The molecule has 2 aromatic rings. The Balaban J connectivity index is 2.21. The first-order valence-electron chi connectivity index (χ1n) is 6.56. The average molecular weight is 267 g/mol. The fourth-order valence-electron chi connectivity index (χ4n) is 1.93. The Bertz CT molecular complexity index is 669. The lowest BCUT2D eigenvalue weighted by atomic mass is 10.0. The van der Waals surface area contributed by atoms with Gasteiger partial charge >= 0.3 is 6.03 Å². The van der Waals surface area contributed by atoms with Crippen molar-refractivity contribution in [3.05, 3.63) is 42.5 Å². The maximum absolute atomic E-state index is 12.0. The summed E-state index contributed by atoms with van der Waals surface area (Å²) in [6, 6.07) is 15.3. The number of amides is 2. The lowest BCUT2D eigenvalue weighted by Gasteiger charge is -2.21. The van der Waals surface area contributed by atoms with Crippen LogP contribution in [0.25, 0.3) is 10.8 Å². The Morgan fingerprint density at radius 2 is 1.95 bits per heavy atom. The van der Waals surface area contributed by atoms with E-state index in [4.69, 9.17) is 5.26 Å². The second-order valence-electron chi connectivity index (χ2n) is 4.90. The summed E-state index contributed by atoms with van der Waals surface area (Å²) in [4.78, 5) is 12.0. The van der Waals surface area contributed by atoms with E-state index in [1.54, 1.807) is 6.92 Å².